The van der Waals surface area contributed by atoms with Gasteiger partial charge in [0.1, 0.15) is 23.0 Å². The summed E-state index contributed by atoms with van der Waals surface area (Å²) >= 11 is 0. The molecule has 0 bridgehead atoms. The van der Waals surface area contributed by atoms with Gasteiger partial charge in [0.25, 0.3) is 5.56 Å². The van der Waals surface area contributed by atoms with E-state index in [1.54, 1.807) is 30.3 Å². The highest BCUT2D eigenvalue weighted by atomic mass is 19.1. The predicted octanol–water partition coefficient (Wildman–Crippen LogP) is 4.51. The average Bonchev–Trinajstić information content (AvgIpc) is 2.75. The fourth-order valence-electron chi connectivity index (χ4n) is 3.49. The second-order valence-electron chi connectivity index (χ2n) is 7.08. The SMILES string of the molecule is CCCCCn1c(-c2ccc(F)cc2)nc2oc3cc(OC)ccc3c(=O)c2c1=O. The van der Waals surface area contributed by atoms with Gasteiger partial charge < -0.3 is 9.15 Å². The summed E-state index contributed by atoms with van der Waals surface area (Å²) in [6.07, 6.45) is 2.67. The van der Waals surface area contributed by atoms with Crippen LogP contribution in [0.25, 0.3) is 33.5 Å². The summed E-state index contributed by atoms with van der Waals surface area (Å²) in [5.74, 6) is 0.481. The fraction of sp³-hybridized carbons (Fsp3) is 0.261. The van der Waals surface area contributed by atoms with E-state index in [0.29, 0.717) is 23.7 Å². The van der Waals surface area contributed by atoms with Crippen LogP contribution in [0.3, 0.4) is 0 Å². The summed E-state index contributed by atoms with van der Waals surface area (Å²) in [6, 6.07) is 10.5. The highest BCUT2D eigenvalue weighted by Gasteiger charge is 2.19. The first-order chi connectivity index (χ1) is 14.5. The molecule has 0 saturated carbocycles. The minimum Gasteiger partial charge on any atom is -0.497 e. The third kappa shape index (κ3) is 3.47. The molecule has 0 spiro atoms. The van der Waals surface area contributed by atoms with E-state index in [0.717, 1.165) is 19.3 Å². The van der Waals surface area contributed by atoms with Crippen LogP contribution in [0.2, 0.25) is 0 Å². The van der Waals surface area contributed by atoms with Crippen LogP contribution in [0.1, 0.15) is 26.2 Å². The van der Waals surface area contributed by atoms with Gasteiger partial charge in [-0.1, -0.05) is 19.8 Å². The van der Waals surface area contributed by atoms with Gasteiger partial charge in [-0.2, -0.15) is 4.98 Å². The molecule has 0 saturated heterocycles. The molecule has 154 valence electrons. The summed E-state index contributed by atoms with van der Waals surface area (Å²) in [7, 11) is 1.51. The Balaban J connectivity index is 2.03. The van der Waals surface area contributed by atoms with Crippen molar-refractivity contribution < 1.29 is 13.5 Å². The Kier molecular flexibility index (Phi) is 5.35. The number of fused-ring (bicyclic) bond motifs is 2. The number of nitrogens with zero attached hydrogens (tertiary/aromatic N) is 2. The van der Waals surface area contributed by atoms with Crippen molar-refractivity contribution in [1.29, 1.82) is 0 Å². The minimum absolute atomic E-state index is 0.0446. The summed E-state index contributed by atoms with van der Waals surface area (Å²) < 4.78 is 25.9. The molecular formula is C23H21FN2O4. The molecule has 0 radical (unpaired) electrons. The van der Waals surface area contributed by atoms with Crippen molar-refractivity contribution in [2.45, 2.75) is 32.7 Å². The zero-order valence-corrected chi connectivity index (χ0v) is 16.8. The Morgan fingerprint density at radius 1 is 1.10 bits per heavy atom. The number of methoxy groups -OCH3 is 1. The van der Waals surface area contributed by atoms with E-state index in [4.69, 9.17) is 9.15 Å². The first-order valence-electron chi connectivity index (χ1n) is 9.85. The molecule has 0 unspecified atom stereocenters. The van der Waals surface area contributed by atoms with Gasteiger partial charge in [-0.15, -0.1) is 0 Å². The molecule has 0 fully saturated rings. The molecule has 4 rings (SSSR count). The molecule has 30 heavy (non-hydrogen) atoms. The molecule has 2 aromatic carbocycles. The topological polar surface area (TPSA) is 74.3 Å². The maximum atomic E-state index is 13.4. The van der Waals surface area contributed by atoms with E-state index in [9.17, 15) is 14.0 Å². The Morgan fingerprint density at radius 2 is 1.87 bits per heavy atom. The number of hydrogen-bond donors (Lipinski definition) is 0. The van der Waals surface area contributed by atoms with Crippen LogP contribution in [0, 0.1) is 5.82 Å². The van der Waals surface area contributed by atoms with Gasteiger partial charge in [0, 0.05) is 18.2 Å². The molecule has 0 atom stereocenters. The van der Waals surface area contributed by atoms with E-state index < -0.39 is 11.0 Å². The van der Waals surface area contributed by atoms with Crippen molar-refractivity contribution >= 4 is 22.1 Å². The fourth-order valence-corrected chi connectivity index (χ4v) is 3.49. The van der Waals surface area contributed by atoms with Crippen molar-refractivity contribution in [3.63, 3.8) is 0 Å². The molecule has 7 heteroatoms. The van der Waals surface area contributed by atoms with Gasteiger partial charge in [0.15, 0.2) is 5.39 Å². The van der Waals surface area contributed by atoms with Crippen molar-refractivity contribution in [3.05, 3.63) is 68.9 Å². The van der Waals surface area contributed by atoms with Crippen LogP contribution in [0.5, 0.6) is 5.75 Å². The van der Waals surface area contributed by atoms with Crippen molar-refractivity contribution in [2.24, 2.45) is 0 Å². The van der Waals surface area contributed by atoms with Gasteiger partial charge in [-0.05, 0) is 42.8 Å². The molecule has 2 heterocycles. The van der Waals surface area contributed by atoms with Gasteiger partial charge in [0.05, 0.1) is 12.5 Å². The second-order valence-corrected chi connectivity index (χ2v) is 7.08. The molecular weight excluding hydrogens is 387 g/mol. The predicted molar refractivity (Wildman–Crippen MR) is 114 cm³/mol. The summed E-state index contributed by atoms with van der Waals surface area (Å²) in [6.45, 7) is 2.47. The molecule has 0 aliphatic carbocycles. The third-order valence-corrected chi connectivity index (χ3v) is 5.09. The van der Waals surface area contributed by atoms with E-state index in [1.807, 2.05) is 0 Å². The van der Waals surface area contributed by atoms with Gasteiger partial charge >= 0.3 is 0 Å². The average molecular weight is 408 g/mol. The summed E-state index contributed by atoms with van der Waals surface area (Å²) in [4.78, 5) is 30.9. The van der Waals surface area contributed by atoms with E-state index in [-0.39, 0.29) is 27.9 Å². The number of benzene rings is 2. The van der Waals surface area contributed by atoms with E-state index in [1.165, 1.54) is 23.8 Å². The van der Waals surface area contributed by atoms with Gasteiger partial charge in [-0.25, -0.2) is 4.39 Å². The molecule has 4 aromatic rings. The van der Waals surface area contributed by atoms with Crippen LogP contribution in [0.4, 0.5) is 4.39 Å². The largest absolute Gasteiger partial charge is 0.497 e. The summed E-state index contributed by atoms with van der Waals surface area (Å²) in [5, 5.41) is 0.201. The molecule has 0 aliphatic rings. The lowest BCUT2D eigenvalue weighted by Crippen LogP contribution is -2.27. The highest BCUT2D eigenvalue weighted by molar-refractivity contribution is 5.89. The van der Waals surface area contributed by atoms with Crippen LogP contribution in [0.15, 0.2) is 56.5 Å². The van der Waals surface area contributed by atoms with Crippen LogP contribution >= 0.6 is 0 Å². The lowest BCUT2D eigenvalue weighted by molar-refractivity contribution is 0.414. The molecule has 0 aliphatic heterocycles. The number of hydrogen-bond acceptors (Lipinski definition) is 5. The standard InChI is InChI=1S/C23H21FN2O4/c1-3-4-5-12-26-21(14-6-8-15(24)9-7-14)25-22-19(23(26)28)20(27)17-11-10-16(29-2)13-18(17)30-22/h6-11,13H,3-5,12H2,1-2H3. The molecule has 6 nitrogen and oxygen atoms in total. The number of aromatic nitrogens is 2. The zero-order valence-electron chi connectivity index (χ0n) is 16.8. The van der Waals surface area contributed by atoms with Crippen LogP contribution in [-0.2, 0) is 6.54 Å². The first kappa shape index (κ1) is 19.8. The number of ether oxygens (including phenoxy) is 1. The number of halogens is 1. The second kappa shape index (κ2) is 8.10. The molecule has 0 N–H and O–H groups in total. The van der Waals surface area contributed by atoms with E-state index >= 15 is 0 Å². The summed E-state index contributed by atoms with van der Waals surface area (Å²) in [5.41, 5.74) is -0.0761. The lowest BCUT2D eigenvalue weighted by atomic mass is 10.1. The van der Waals surface area contributed by atoms with Crippen molar-refractivity contribution in [1.82, 2.24) is 9.55 Å². The first-order valence-corrected chi connectivity index (χ1v) is 9.85. The quantitative estimate of drug-likeness (QED) is 0.347. The normalized spacial score (nSPS) is 11.3. The monoisotopic (exact) mass is 408 g/mol. The lowest BCUT2D eigenvalue weighted by Gasteiger charge is -2.13. The van der Waals surface area contributed by atoms with Crippen LogP contribution in [-0.4, -0.2) is 16.7 Å². The Morgan fingerprint density at radius 3 is 2.57 bits per heavy atom. The Bertz CT molecular complexity index is 1340. The molecule has 0 amide bonds. The minimum atomic E-state index is -0.457. The Labute approximate surface area is 171 Å². The molecule has 2 aromatic heterocycles. The van der Waals surface area contributed by atoms with E-state index in [2.05, 4.69) is 11.9 Å². The maximum absolute atomic E-state index is 13.4. The van der Waals surface area contributed by atoms with Crippen LogP contribution < -0.4 is 15.7 Å². The Hall–Kier alpha value is -3.48. The number of unbranched alkanes of at least 4 members (excludes halogenated alkanes) is 2. The number of rotatable bonds is 6. The van der Waals surface area contributed by atoms with Gasteiger partial charge in [0.2, 0.25) is 11.1 Å². The third-order valence-electron chi connectivity index (χ3n) is 5.09. The zero-order chi connectivity index (χ0) is 21.3. The van der Waals surface area contributed by atoms with Gasteiger partial charge in [-0.3, -0.25) is 14.2 Å². The van der Waals surface area contributed by atoms with Crippen molar-refractivity contribution in [3.8, 4) is 17.1 Å². The smallest absolute Gasteiger partial charge is 0.269 e. The highest BCUT2D eigenvalue weighted by Crippen LogP contribution is 2.24. The van der Waals surface area contributed by atoms with Crippen molar-refractivity contribution in [2.75, 3.05) is 7.11 Å². The maximum Gasteiger partial charge on any atom is 0.269 e.